The first kappa shape index (κ1) is 12.2. The van der Waals surface area contributed by atoms with Gasteiger partial charge in [0.05, 0.1) is 6.33 Å². The highest BCUT2D eigenvalue weighted by molar-refractivity contribution is 4.92. The molecule has 86 valence electrons. The quantitative estimate of drug-likeness (QED) is 0.634. The van der Waals surface area contributed by atoms with E-state index < -0.39 is 0 Å². The Hall–Kier alpha value is -0.870. The summed E-state index contributed by atoms with van der Waals surface area (Å²) in [5.74, 6) is 0. The van der Waals surface area contributed by atoms with E-state index in [0.717, 1.165) is 31.9 Å². The fraction of sp³-hybridized carbons (Fsp3) is 0.727. The maximum atomic E-state index is 3.98. The molecular formula is C11H22N4. The lowest BCUT2D eigenvalue weighted by atomic mass is 10.4. The second kappa shape index (κ2) is 7.43. The van der Waals surface area contributed by atoms with E-state index in [1.165, 1.54) is 13.0 Å². The van der Waals surface area contributed by atoms with Crippen LogP contribution in [0.15, 0.2) is 12.5 Å². The van der Waals surface area contributed by atoms with Crippen molar-refractivity contribution in [1.82, 2.24) is 20.2 Å². The van der Waals surface area contributed by atoms with Crippen molar-refractivity contribution >= 4 is 0 Å². The number of likely N-dealkylation sites (N-methyl/N-ethyl adjacent to an activating group) is 1. The minimum absolute atomic E-state index is 0.879. The molecule has 0 bridgehead atoms. The number of hydrogen-bond acceptors (Lipinski definition) is 3. The molecule has 0 atom stereocenters. The smallest absolute Gasteiger partial charge is 0.0922 e. The Balaban J connectivity index is 2.05. The lowest BCUT2D eigenvalue weighted by Crippen LogP contribution is -2.32. The zero-order valence-electron chi connectivity index (χ0n) is 9.79. The van der Waals surface area contributed by atoms with Crippen molar-refractivity contribution in [3.8, 4) is 0 Å². The molecule has 0 radical (unpaired) electrons. The second-order valence-electron chi connectivity index (χ2n) is 3.69. The molecule has 0 amide bonds. The third-order valence-electron chi connectivity index (χ3n) is 2.46. The van der Waals surface area contributed by atoms with Crippen LogP contribution in [-0.4, -0.2) is 41.0 Å². The van der Waals surface area contributed by atoms with Crippen LogP contribution in [0.1, 0.15) is 26.0 Å². The van der Waals surface area contributed by atoms with Crippen LogP contribution in [0.2, 0.25) is 0 Å². The van der Waals surface area contributed by atoms with Gasteiger partial charge in [0.15, 0.2) is 0 Å². The molecule has 4 heteroatoms. The summed E-state index contributed by atoms with van der Waals surface area (Å²) in [7, 11) is 0. The van der Waals surface area contributed by atoms with Crippen LogP contribution in [0.3, 0.4) is 0 Å². The zero-order valence-corrected chi connectivity index (χ0v) is 9.79. The average molecular weight is 210 g/mol. The molecule has 0 unspecified atom stereocenters. The van der Waals surface area contributed by atoms with Gasteiger partial charge in [-0.3, -0.25) is 0 Å². The molecule has 1 rings (SSSR count). The molecule has 0 saturated carbocycles. The van der Waals surface area contributed by atoms with Gasteiger partial charge in [-0.15, -0.1) is 0 Å². The average Bonchev–Trinajstić information content (AvgIpc) is 2.75. The molecule has 0 aliphatic carbocycles. The maximum Gasteiger partial charge on any atom is 0.0922 e. The molecule has 1 aromatic heterocycles. The van der Waals surface area contributed by atoms with E-state index in [1.54, 1.807) is 6.33 Å². The van der Waals surface area contributed by atoms with Crippen molar-refractivity contribution < 1.29 is 0 Å². The van der Waals surface area contributed by atoms with Crippen molar-refractivity contribution in [2.45, 2.75) is 26.8 Å². The fourth-order valence-corrected chi connectivity index (χ4v) is 1.59. The van der Waals surface area contributed by atoms with Crippen molar-refractivity contribution in [1.29, 1.82) is 0 Å². The number of nitrogens with zero attached hydrogens (tertiary/aromatic N) is 2. The molecule has 0 fully saturated rings. The minimum atomic E-state index is 0.879. The SMILES string of the molecule is CCCN(CC)CCNCc1cnc[nH]1. The molecular weight excluding hydrogens is 188 g/mol. The van der Waals surface area contributed by atoms with Gasteiger partial charge < -0.3 is 15.2 Å². The Morgan fingerprint density at radius 1 is 1.40 bits per heavy atom. The van der Waals surface area contributed by atoms with Crippen molar-refractivity contribution in [3.63, 3.8) is 0 Å². The molecule has 4 nitrogen and oxygen atoms in total. The summed E-state index contributed by atoms with van der Waals surface area (Å²) in [5.41, 5.74) is 1.15. The van der Waals surface area contributed by atoms with Crippen LogP contribution in [0.5, 0.6) is 0 Å². The standard InChI is InChI=1S/C11H22N4/c1-3-6-15(4-2)7-5-12-8-11-9-13-10-14-11/h9-10,12H,3-8H2,1-2H3,(H,13,14). The van der Waals surface area contributed by atoms with E-state index in [4.69, 9.17) is 0 Å². The number of hydrogen-bond donors (Lipinski definition) is 2. The van der Waals surface area contributed by atoms with Crippen molar-refractivity contribution in [2.24, 2.45) is 0 Å². The Morgan fingerprint density at radius 2 is 2.27 bits per heavy atom. The highest BCUT2D eigenvalue weighted by atomic mass is 15.1. The normalized spacial score (nSPS) is 11.1. The highest BCUT2D eigenvalue weighted by Crippen LogP contribution is 1.91. The van der Waals surface area contributed by atoms with E-state index in [-0.39, 0.29) is 0 Å². The number of imidazole rings is 1. The van der Waals surface area contributed by atoms with E-state index in [9.17, 15) is 0 Å². The Kier molecular flexibility index (Phi) is 6.04. The summed E-state index contributed by atoms with van der Waals surface area (Å²) in [5, 5.41) is 3.40. The monoisotopic (exact) mass is 210 g/mol. The van der Waals surface area contributed by atoms with E-state index in [2.05, 4.69) is 34.0 Å². The predicted octanol–water partition coefficient (Wildman–Crippen LogP) is 1.23. The molecule has 1 heterocycles. The van der Waals surface area contributed by atoms with Crippen molar-refractivity contribution in [3.05, 3.63) is 18.2 Å². The van der Waals surface area contributed by atoms with Crippen LogP contribution >= 0.6 is 0 Å². The third kappa shape index (κ3) is 4.95. The topological polar surface area (TPSA) is 44.0 Å². The van der Waals surface area contributed by atoms with Crippen molar-refractivity contribution in [2.75, 3.05) is 26.2 Å². The number of rotatable bonds is 8. The molecule has 0 aliphatic rings. The van der Waals surface area contributed by atoms with Gasteiger partial charge in [0.1, 0.15) is 0 Å². The van der Waals surface area contributed by atoms with Gasteiger partial charge in [0.2, 0.25) is 0 Å². The summed E-state index contributed by atoms with van der Waals surface area (Å²) in [6, 6.07) is 0. The minimum Gasteiger partial charge on any atom is -0.347 e. The van der Waals surface area contributed by atoms with E-state index in [1.807, 2.05) is 6.20 Å². The zero-order chi connectivity index (χ0) is 10.9. The molecule has 1 aromatic rings. The van der Waals surface area contributed by atoms with Gasteiger partial charge in [-0.25, -0.2) is 4.98 Å². The molecule has 0 spiro atoms. The number of H-pyrrole nitrogens is 1. The second-order valence-corrected chi connectivity index (χ2v) is 3.69. The molecule has 0 saturated heterocycles. The van der Waals surface area contributed by atoms with Crippen LogP contribution < -0.4 is 5.32 Å². The largest absolute Gasteiger partial charge is 0.347 e. The number of nitrogens with one attached hydrogen (secondary N) is 2. The summed E-state index contributed by atoms with van der Waals surface area (Å²) in [6.45, 7) is 9.81. The third-order valence-corrected chi connectivity index (χ3v) is 2.46. The fourth-order valence-electron chi connectivity index (χ4n) is 1.59. The van der Waals surface area contributed by atoms with Gasteiger partial charge in [-0.05, 0) is 19.5 Å². The van der Waals surface area contributed by atoms with Gasteiger partial charge in [0.25, 0.3) is 0 Å². The summed E-state index contributed by atoms with van der Waals surface area (Å²) >= 11 is 0. The summed E-state index contributed by atoms with van der Waals surface area (Å²) < 4.78 is 0. The predicted molar refractivity (Wildman–Crippen MR) is 62.7 cm³/mol. The summed E-state index contributed by atoms with van der Waals surface area (Å²) in [4.78, 5) is 9.51. The highest BCUT2D eigenvalue weighted by Gasteiger charge is 1.99. The van der Waals surface area contributed by atoms with Gasteiger partial charge in [-0.1, -0.05) is 13.8 Å². The first-order valence-corrected chi connectivity index (χ1v) is 5.77. The molecule has 0 aromatic carbocycles. The van der Waals surface area contributed by atoms with Crippen LogP contribution in [0.25, 0.3) is 0 Å². The van der Waals surface area contributed by atoms with Crippen LogP contribution in [0, 0.1) is 0 Å². The van der Waals surface area contributed by atoms with Crippen LogP contribution in [-0.2, 0) is 6.54 Å². The van der Waals surface area contributed by atoms with E-state index in [0.29, 0.717) is 0 Å². The van der Waals surface area contributed by atoms with Crippen LogP contribution in [0.4, 0.5) is 0 Å². The van der Waals surface area contributed by atoms with Gasteiger partial charge >= 0.3 is 0 Å². The molecule has 15 heavy (non-hydrogen) atoms. The van der Waals surface area contributed by atoms with Gasteiger partial charge in [-0.2, -0.15) is 0 Å². The number of aromatic nitrogens is 2. The Labute approximate surface area is 92.1 Å². The lowest BCUT2D eigenvalue weighted by molar-refractivity contribution is 0.287. The maximum absolute atomic E-state index is 3.98. The first-order valence-electron chi connectivity index (χ1n) is 5.77. The lowest BCUT2D eigenvalue weighted by Gasteiger charge is -2.19. The molecule has 0 aliphatic heterocycles. The number of aromatic amines is 1. The van der Waals surface area contributed by atoms with E-state index >= 15 is 0 Å². The Morgan fingerprint density at radius 3 is 2.87 bits per heavy atom. The first-order chi connectivity index (χ1) is 7.36. The van der Waals surface area contributed by atoms with Gasteiger partial charge in [0, 0.05) is 31.5 Å². The summed E-state index contributed by atoms with van der Waals surface area (Å²) in [6.07, 6.45) is 4.80. The molecule has 2 N–H and O–H groups in total. The Bertz CT molecular complexity index is 233.